The van der Waals surface area contributed by atoms with Crippen molar-refractivity contribution in [3.05, 3.63) is 46.2 Å². The second-order valence-electron chi connectivity index (χ2n) is 7.53. The first-order valence-corrected chi connectivity index (χ1v) is 9.74. The number of nitrogens with one attached hydrogen (secondary N) is 1. The van der Waals surface area contributed by atoms with Crippen LogP contribution >= 0.6 is 11.6 Å². The number of hydrogen-bond donors (Lipinski definition) is 1. The van der Waals surface area contributed by atoms with Crippen LogP contribution in [0.2, 0.25) is 5.02 Å². The fourth-order valence-electron chi connectivity index (χ4n) is 3.83. The molecular weight excluding hydrogens is 348 g/mol. The normalized spacial score (nSPS) is 20.0. The van der Waals surface area contributed by atoms with Gasteiger partial charge in [-0.25, -0.2) is 4.68 Å². The zero-order valence-corrected chi connectivity index (χ0v) is 16.1. The first-order valence-electron chi connectivity index (χ1n) is 9.36. The fraction of sp³-hybridized carbons (Fsp3) is 0.500. The van der Waals surface area contributed by atoms with Crippen LogP contribution in [-0.2, 0) is 0 Å². The summed E-state index contributed by atoms with van der Waals surface area (Å²) in [6.07, 6.45) is 5.05. The summed E-state index contributed by atoms with van der Waals surface area (Å²) in [5.41, 5.74) is 3.77. The van der Waals surface area contributed by atoms with Crippen LogP contribution in [0.4, 0.5) is 0 Å². The van der Waals surface area contributed by atoms with E-state index in [1.807, 2.05) is 41.8 Å². The van der Waals surface area contributed by atoms with Crippen molar-refractivity contribution in [1.82, 2.24) is 20.0 Å². The maximum atomic E-state index is 13.1. The predicted molar refractivity (Wildman–Crippen MR) is 103 cm³/mol. The molecule has 1 amide bonds. The Morgan fingerprint density at radius 1 is 1.35 bits per heavy atom. The number of nitrogens with zero attached hydrogens (tertiary/aromatic N) is 3. The van der Waals surface area contributed by atoms with Crippen molar-refractivity contribution in [3.63, 3.8) is 0 Å². The fourth-order valence-corrected chi connectivity index (χ4v) is 4.01. The molecule has 0 unspecified atom stereocenters. The molecule has 1 atom stereocenters. The molecule has 2 heterocycles. The van der Waals surface area contributed by atoms with Gasteiger partial charge in [-0.05, 0) is 63.4 Å². The van der Waals surface area contributed by atoms with Gasteiger partial charge in [0.2, 0.25) is 0 Å². The van der Waals surface area contributed by atoms with Crippen molar-refractivity contribution < 1.29 is 4.79 Å². The van der Waals surface area contributed by atoms with Crippen LogP contribution in [0.5, 0.6) is 0 Å². The Hall–Kier alpha value is -1.85. The van der Waals surface area contributed by atoms with Gasteiger partial charge in [0.1, 0.15) is 0 Å². The maximum Gasteiger partial charge on any atom is 0.257 e. The predicted octanol–water partition coefficient (Wildman–Crippen LogP) is 3.39. The molecule has 1 saturated carbocycles. The number of aryl methyl sites for hydroxylation is 1. The standard InChI is InChI=1S/C20H25ClN4O/c1-13-3-6-16(9-18(13)21)25-19(15-4-5-15)17(11-23-25)20(26)24-8-7-14(12-24)10-22-2/h3,6,9,11,14-15,22H,4-5,7-8,10,12H2,1-2H3/t14-/m0/s1. The van der Waals surface area contributed by atoms with Gasteiger partial charge < -0.3 is 10.2 Å². The molecule has 0 bridgehead atoms. The van der Waals surface area contributed by atoms with Crippen molar-refractivity contribution in [2.45, 2.75) is 32.1 Å². The number of likely N-dealkylation sites (tertiary alicyclic amines) is 1. The Bertz CT molecular complexity index is 827. The highest BCUT2D eigenvalue weighted by atomic mass is 35.5. The van der Waals surface area contributed by atoms with Crippen molar-refractivity contribution in [3.8, 4) is 5.69 Å². The third-order valence-electron chi connectivity index (χ3n) is 5.47. The van der Waals surface area contributed by atoms with E-state index >= 15 is 0 Å². The zero-order chi connectivity index (χ0) is 18.3. The Labute approximate surface area is 159 Å². The molecule has 2 fully saturated rings. The van der Waals surface area contributed by atoms with Crippen LogP contribution in [0, 0.1) is 12.8 Å². The lowest BCUT2D eigenvalue weighted by atomic mass is 10.1. The van der Waals surface area contributed by atoms with E-state index < -0.39 is 0 Å². The van der Waals surface area contributed by atoms with Gasteiger partial charge in [-0.2, -0.15) is 5.10 Å². The molecule has 0 spiro atoms. The molecule has 1 aromatic heterocycles. The monoisotopic (exact) mass is 372 g/mol. The van der Waals surface area contributed by atoms with Crippen LogP contribution in [0.1, 0.15) is 46.8 Å². The molecular formula is C20H25ClN4O. The minimum absolute atomic E-state index is 0.120. The molecule has 6 heteroatoms. The van der Waals surface area contributed by atoms with E-state index in [4.69, 9.17) is 11.6 Å². The topological polar surface area (TPSA) is 50.2 Å². The molecule has 2 aliphatic rings. The summed E-state index contributed by atoms with van der Waals surface area (Å²) in [7, 11) is 1.96. The highest BCUT2D eigenvalue weighted by molar-refractivity contribution is 6.31. The van der Waals surface area contributed by atoms with E-state index in [1.165, 1.54) is 0 Å². The van der Waals surface area contributed by atoms with Gasteiger partial charge >= 0.3 is 0 Å². The smallest absolute Gasteiger partial charge is 0.257 e. The molecule has 0 radical (unpaired) electrons. The molecule has 1 aliphatic carbocycles. The second kappa shape index (κ2) is 7.05. The highest BCUT2D eigenvalue weighted by Crippen LogP contribution is 2.43. The number of hydrogen-bond acceptors (Lipinski definition) is 3. The van der Waals surface area contributed by atoms with E-state index in [2.05, 4.69) is 10.4 Å². The van der Waals surface area contributed by atoms with Crippen molar-refractivity contribution >= 4 is 17.5 Å². The molecule has 138 valence electrons. The number of carbonyl (C=O) groups is 1. The Balaban J connectivity index is 1.64. The summed E-state index contributed by atoms with van der Waals surface area (Å²) in [4.78, 5) is 15.1. The third kappa shape index (κ3) is 3.26. The molecule has 1 N–H and O–H groups in total. The summed E-state index contributed by atoms with van der Waals surface area (Å²) < 4.78 is 1.91. The van der Waals surface area contributed by atoms with Crippen molar-refractivity contribution in [2.24, 2.45) is 5.92 Å². The number of halogens is 1. The Kier molecular flexibility index (Phi) is 4.76. The van der Waals surface area contributed by atoms with Crippen LogP contribution in [-0.4, -0.2) is 47.3 Å². The SMILES string of the molecule is CNC[C@@H]1CCN(C(=O)c2cnn(-c3ccc(C)c(Cl)c3)c2C2CC2)C1. The van der Waals surface area contributed by atoms with Gasteiger partial charge in [0.25, 0.3) is 5.91 Å². The summed E-state index contributed by atoms with van der Waals surface area (Å²) >= 11 is 6.31. The van der Waals surface area contributed by atoms with E-state index in [9.17, 15) is 4.79 Å². The van der Waals surface area contributed by atoms with Crippen molar-refractivity contribution in [1.29, 1.82) is 0 Å². The summed E-state index contributed by atoms with van der Waals surface area (Å²) in [5, 5.41) is 8.51. The van der Waals surface area contributed by atoms with Gasteiger partial charge in [0.05, 0.1) is 23.1 Å². The van der Waals surface area contributed by atoms with Gasteiger partial charge in [-0.1, -0.05) is 17.7 Å². The first-order chi connectivity index (χ1) is 12.6. The van der Waals surface area contributed by atoms with Crippen molar-refractivity contribution in [2.75, 3.05) is 26.7 Å². The Morgan fingerprint density at radius 2 is 2.15 bits per heavy atom. The molecule has 1 aliphatic heterocycles. The van der Waals surface area contributed by atoms with E-state index in [0.29, 0.717) is 11.8 Å². The zero-order valence-electron chi connectivity index (χ0n) is 15.3. The Morgan fingerprint density at radius 3 is 2.85 bits per heavy atom. The first kappa shape index (κ1) is 17.6. The lowest BCUT2D eigenvalue weighted by molar-refractivity contribution is 0.0786. The molecule has 1 aromatic carbocycles. The summed E-state index contributed by atoms with van der Waals surface area (Å²) in [6.45, 7) is 4.60. The number of benzene rings is 1. The highest BCUT2D eigenvalue weighted by Gasteiger charge is 2.35. The van der Waals surface area contributed by atoms with E-state index in [1.54, 1.807) is 6.20 Å². The number of carbonyl (C=O) groups excluding carboxylic acids is 1. The van der Waals surface area contributed by atoms with Gasteiger partial charge in [0, 0.05) is 24.0 Å². The largest absolute Gasteiger partial charge is 0.338 e. The van der Waals surface area contributed by atoms with Gasteiger partial charge in [-0.3, -0.25) is 4.79 Å². The van der Waals surface area contributed by atoms with Crippen LogP contribution in [0.15, 0.2) is 24.4 Å². The number of amides is 1. The molecule has 5 nitrogen and oxygen atoms in total. The number of rotatable bonds is 5. The van der Waals surface area contributed by atoms with Crippen LogP contribution < -0.4 is 5.32 Å². The van der Waals surface area contributed by atoms with Crippen LogP contribution in [0.25, 0.3) is 5.69 Å². The molecule has 4 rings (SSSR count). The van der Waals surface area contributed by atoms with Gasteiger partial charge in [0.15, 0.2) is 0 Å². The molecule has 26 heavy (non-hydrogen) atoms. The maximum absolute atomic E-state index is 13.1. The lowest BCUT2D eigenvalue weighted by Gasteiger charge is -2.17. The minimum Gasteiger partial charge on any atom is -0.338 e. The third-order valence-corrected chi connectivity index (χ3v) is 5.87. The van der Waals surface area contributed by atoms with E-state index in [0.717, 1.165) is 66.4 Å². The molecule has 2 aromatic rings. The van der Waals surface area contributed by atoms with E-state index in [-0.39, 0.29) is 5.91 Å². The summed E-state index contributed by atoms with van der Waals surface area (Å²) in [5.74, 6) is 1.08. The quantitative estimate of drug-likeness (QED) is 0.875. The number of aromatic nitrogens is 2. The minimum atomic E-state index is 0.120. The average molecular weight is 373 g/mol. The summed E-state index contributed by atoms with van der Waals surface area (Å²) in [6, 6.07) is 5.95. The lowest BCUT2D eigenvalue weighted by Crippen LogP contribution is -2.30. The van der Waals surface area contributed by atoms with Crippen LogP contribution in [0.3, 0.4) is 0 Å². The molecule has 1 saturated heterocycles. The average Bonchev–Trinajstić information content (AvgIpc) is 3.19. The van der Waals surface area contributed by atoms with Gasteiger partial charge in [-0.15, -0.1) is 0 Å². The second-order valence-corrected chi connectivity index (χ2v) is 7.93.